The molecule has 2 atom stereocenters. The largest absolute Gasteiger partial charge is 0.516 e. The molecule has 0 bridgehead atoms. The van der Waals surface area contributed by atoms with Crippen LogP contribution in [0.1, 0.15) is 17.9 Å². The van der Waals surface area contributed by atoms with Crippen LogP contribution in [0.15, 0.2) is 30.3 Å². The number of esters is 1. The van der Waals surface area contributed by atoms with Gasteiger partial charge in [0, 0.05) is 0 Å². The van der Waals surface area contributed by atoms with E-state index in [0.717, 1.165) is 0 Å². The van der Waals surface area contributed by atoms with Gasteiger partial charge in [-0.15, -0.1) is 24.0 Å². The van der Waals surface area contributed by atoms with Gasteiger partial charge in [0.05, 0.1) is 12.0 Å². The average Bonchev–Trinajstić information content (AvgIpc) is 2.38. The summed E-state index contributed by atoms with van der Waals surface area (Å²) in [5, 5.41) is -0.770. The van der Waals surface area contributed by atoms with E-state index in [1.54, 1.807) is 31.2 Å². The molecule has 1 rings (SSSR count). The predicted molar refractivity (Wildman–Crippen MR) is 73.4 cm³/mol. The molecule has 2 unspecified atom stereocenters. The van der Waals surface area contributed by atoms with Gasteiger partial charge in [-0.3, -0.25) is 0 Å². The zero-order chi connectivity index (χ0) is 13.5. The van der Waals surface area contributed by atoms with E-state index in [1.165, 1.54) is 0 Å². The summed E-state index contributed by atoms with van der Waals surface area (Å²) in [5.74, 6) is -0.919. The maximum atomic E-state index is 11.5. The van der Waals surface area contributed by atoms with Crippen LogP contribution in [0.4, 0.5) is 4.79 Å². The number of carbonyl (C=O) groups is 2. The Balaban J connectivity index is 0.00000324. The Labute approximate surface area is 122 Å². The molecular weight excluding hydrogens is 293 g/mol. The third-order valence-electron chi connectivity index (χ3n) is 2.15. The van der Waals surface area contributed by atoms with E-state index in [1.807, 2.05) is 6.07 Å². The van der Waals surface area contributed by atoms with E-state index in [-0.39, 0.29) is 19.0 Å². The fourth-order valence-electron chi connectivity index (χ4n) is 1.26. The van der Waals surface area contributed by atoms with Crippen molar-refractivity contribution in [3.05, 3.63) is 35.9 Å². The molecule has 7 heteroatoms. The first kappa shape index (κ1) is 17.7. The van der Waals surface area contributed by atoms with Gasteiger partial charge in [-0.25, -0.2) is 9.59 Å². The number of rotatable bonds is 4. The van der Waals surface area contributed by atoms with Gasteiger partial charge < -0.3 is 15.2 Å². The van der Waals surface area contributed by atoms with Crippen molar-refractivity contribution in [3.63, 3.8) is 0 Å². The summed E-state index contributed by atoms with van der Waals surface area (Å²) in [6.45, 7) is 1.71. The number of benzene rings is 1. The molecule has 5 nitrogen and oxygen atoms in total. The van der Waals surface area contributed by atoms with Gasteiger partial charge in [0.25, 0.3) is 0 Å². The highest BCUT2D eigenvalue weighted by Gasteiger charge is 2.27. The van der Waals surface area contributed by atoms with Gasteiger partial charge in [-0.1, -0.05) is 30.3 Å². The molecule has 0 heterocycles. The minimum atomic E-state index is -1.14. The Morgan fingerprint density at radius 3 is 2.42 bits per heavy atom. The smallest absolute Gasteiger partial charge is 0.434 e. The second-order valence-electron chi connectivity index (χ2n) is 3.44. The van der Waals surface area contributed by atoms with Crippen molar-refractivity contribution in [1.29, 1.82) is 0 Å². The second kappa shape index (κ2) is 8.74. The fraction of sp³-hybridized carbons (Fsp3) is 0.333. The van der Waals surface area contributed by atoms with Crippen molar-refractivity contribution in [2.75, 3.05) is 6.61 Å². The standard InChI is InChI=1S/C12H14ClNO4.ClH/c1-2-17-12(16)18-11(15)10(14)9(13)8-6-4-3-5-7-8;/h3-7,9-10H,2,14H2,1H3;1H. The zero-order valence-electron chi connectivity index (χ0n) is 10.2. The number of nitrogens with two attached hydrogens (primary N) is 1. The predicted octanol–water partition coefficient (Wildman–Crippen LogP) is 2.42. The van der Waals surface area contributed by atoms with Crippen LogP contribution in [-0.4, -0.2) is 24.8 Å². The van der Waals surface area contributed by atoms with Crippen LogP contribution in [0.3, 0.4) is 0 Å². The van der Waals surface area contributed by atoms with Crippen molar-refractivity contribution < 1.29 is 19.1 Å². The highest BCUT2D eigenvalue weighted by molar-refractivity contribution is 6.22. The Morgan fingerprint density at radius 1 is 1.32 bits per heavy atom. The average molecular weight is 308 g/mol. The van der Waals surface area contributed by atoms with Crippen molar-refractivity contribution in [2.45, 2.75) is 18.3 Å². The van der Waals surface area contributed by atoms with Gasteiger partial charge in [-0.05, 0) is 12.5 Å². The van der Waals surface area contributed by atoms with E-state index >= 15 is 0 Å². The molecule has 0 aliphatic heterocycles. The fourth-order valence-corrected chi connectivity index (χ4v) is 1.51. The Kier molecular flexibility index (Phi) is 8.14. The van der Waals surface area contributed by atoms with Crippen LogP contribution in [0, 0.1) is 0 Å². The number of halogens is 2. The molecule has 0 aromatic heterocycles. The van der Waals surface area contributed by atoms with Crippen LogP contribution in [0.2, 0.25) is 0 Å². The van der Waals surface area contributed by atoms with Gasteiger partial charge in [0.1, 0.15) is 6.04 Å². The molecule has 1 aromatic carbocycles. The first-order valence-electron chi connectivity index (χ1n) is 5.39. The molecule has 0 aliphatic carbocycles. The lowest BCUT2D eigenvalue weighted by molar-refractivity contribution is -0.141. The lowest BCUT2D eigenvalue weighted by atomic mass is 10.1. The summed E-state index contributed by atoms with van der Waals surface area (Å²) < 4.78 is 8.85. The van der Waals surface area contributed by atoms with Crippen molar-refractivity contribution in [3.8, 4) is 0 Å². The van der Waals surface area contributed by atoms with Crippen molar-refractivity contribution in [2.24, 2.45) is 5.73 Å². The molecule has 0 spiro atoms. The van der Waals surface area contributed by atoms with E-state index in [4.69, 9.17) is 17.3 Å². The lowest BCUT2D eigenvalue weighted by Crippen LogP contribution is -2.37. The molecule has 19 heavy (non-hydrogen) atoms. The third kappa shape index (κ3) is 5.46. The molecule has 0 fully saturated rings. The van der Waals surface area contributed by atoms with Crippen LogP contribution in [0.5, 0.6) is 0 Å². The summed E-state index contributed by atoms with van der Waals surface area (Å²) in [4.78, 5) is 22.5. The minimum absolute atomic E-state index is 0. The second-order valence-corrected chi connectivity index (χ2v) is 3.91. The van der Waals surface area contributed by atoms with Crippen molar-refractivity contribution in [1.82, 2.24) is 0 Å². The maximum absolute atomic E-state index is 11.5. The number of hydrogen-bond acceptors (Lipinski definition) is 5. The Hall–Kier alpha value is -1.30. The third-order valence-corrected chi connectivity index (χ3v) is 2.68. The van der Waals surface area contributed by atoms with E-state index in [0.29, 0.717) is 5.56 Å². The SMILES string of the molecule is CCOC(=O)OC(=O)C(N)C(Cl)c1ccccc1.Cl. The summed E-state index contributed by atoms with van der Waals surface area (Å²) in [6, 6.07) is 7.68. The topological polar surface area (TPSA) is 78.6 Å². The number of hydrogen-bond donors (Lipinski definition) is 1. The van der Waals surface area contributed by atoms with Crippen molar-refractivity contribution >= 4 is 36.1 Å². The summed E-state index contributed by atoms with van der Waals surface area (Å²) in [5.41, 5.74) is 6.30. The van der Waals surface area contributed by atoms with Crippen LogP contribution < -0.4 is 5.73 Å². The van der Waals surface area contributed by atoms with Crippen LogP contribution in [0.25, 0.3) is 0 Å². The van der Waals surface area contributed by atoms with E-state index in [2.05, 4.69) is 9.47 Å². The number of alkyl halides is 1. The highest BCUT2D eigenvalue weighted by atomic mass is 35.5. The monoisotopic (exact) mass is 307 g/mol. The first-order chi connectivity index (χ1) is 8.56. The van der Waals surface area contributed by atoms with Gasteiger partial charge in [-0.2, -0.15) is 0 Å². The molecule has 0 amide bonds. The summed E-state index contributed by atoms with van der Waals surface area (Å²) >= 11 is 6.03. The molecule has 106 valence electrons. The molecule has 0 radical (unpaired) electrons. The molecule has 0 aliphatic rings. The number of carbonyl (C=O) groups excluding carboxylic acids is 2. The molecule has 1 aromatic rings. The van der Waals surface area contributed by atoms with E-state index < -0.39 is 23.5 Å². The molecule has 2 N–H and O–H groups in total. The van der Waals surface area contributed by atoms with Crippen LogP contribution >= 0.6 is 24.0 Å². The van der Waals surface area contributed by atoms with Gasteiger partial charge in [0.2, 0.25) is 0 Å². The molecule has 0 saturated carbocycles. The summed E-state index contributed by atoms with van der Waals surface area (Å²) in [6.07, 6.45) is -1.07. The Morgan fingerprint density at radius 2 is 1.89 bits per heavy atom. The number of ether oxygens (including phenoxy) is 2. The molecular formula is C12H15Cl2NO4. The highest BCUT2D eigenvalue weighted by Crippen LogP contribution is 2.23. The van der Waals surface area contributed by atoms with Crippen LogP contribution in [-0.2, 0) is 14.3 Å². The van der Waals surface area contributed by atoms with Gasteiger partial charge in [0.15, 0.2) is 0 Å². The van der Waals surface area contributed by atoms with E-state index in [9.17, 15) is 9.59 Å². The first-order valence-corrected chi connectivity index (χ1v) is 5.83. The van der Waals surface area contributed by atoms with Gasteiger partial charge >= 0.3 is 12.1 Å². The summed E-state index contributed by atoms with van der Waals surface area (Å²) in [7, 11) is 0. The lowest BCUT2D eigenvalue weighted by Gasteiger charge is -2.16. The Bertz CT molecular complexity index is 413. The maximum Gasteiger partial charge on any atom is 0.516 e. The minimum Gasteiger partial charge on any atom is -0.434 e. The quantitative estimate of drug-likeness (QED) is 0.525. The molecule has 0 saturated heterocycles. The zero-order valence-corrected chi connectivity index (χ0v) is 11.8. The normalized spacial score (nSPS) is 12.8.